The molecule has 0 aromatic heterocycles. The molecule has 0 radical (unpaired) electrons. The highest BCUT2D eigenvalue weighted by molar-refractivity contribution is 7.92. The summed E-state index contributed by atoms with van der Waals surface area (Å²) in [4.78, 5) is 6.58. The number of guanidine groups is 1. The molecule has 0 aromatic carbocycles. The van der Waals surface area contributed by atoms with Gasteiger partial charge in [0.15, 0.2) is 15.8 Å². The predicted molar refractivity (Wildman–Crippen MR) is 81.9 cm³/mol. The summed E-state index contributed by atoms with van der Waals surface area (Å²) < 4.78 is 28.3. The molecule has 0 atom stereocenters. The van der Waals surface area contributed by atoms with Gasteiger partial charge in [-0.1, -0.05) is 0 Å². The smallest absolute Gasteiger partial charge is 0.193 e. The lowest BCUT2D eigenvalue weighted by atomic mass is 10.2. The molecule has 0 spiro atoms. The van der Waals surface area contributed by atoms with Crippen LogP contribution in [0.25, 0.3) is 0 Å². The van der Waals surface area contributed by atoms with Gasteiger partial charge in [-0.3, -0.25) is 4.99 Å². The summed E-state index contributed by atoms with van der Waals surface area (Å²) in [5.41, 5.74) is 0. The van der Waals surface area contributed by atoms with Crippen molar-refractivity contribution in [2.75, 3.05) is 45.6 Å². The average molecular weight is 305 g/mol. The summed E-state index contributed by atoms with van der Waals surface area (Å²) in [6.07, 6.45) is 0.862. The summed E-state index contributed by atoms with van der Waals surface area (Å²) in [5.74, 6) is 0.981. The number of ether oxygens (including phenoxy) is 1. The topological polar surface area (TPSA) is 71.0 Å². The number of hydrogen-bond donors (Lipinski definition) is 1. The second kappa shape index (κ2) is 7.26. The molecule has 0 unspecified atom stereocenters. The first-order chi connectivity index (χ1) is 9.34. The van der Waals surface area contributed by atoms with Gasteiger partial charge >= 0.3 is 0 Å². The number of sulfone groups is 1. The lowest BCUT2D eigenvalue weighted by Gasteiger charge is -2.39. The summed E-state index contributed by atoms with van der Waals surface area (Å²) in [7, 11) is -1.34. The first-order valence-electron chi connectivity index (χ1n) is 7.08. The highest BCUT2D eigenvalue weighted by Crippen LogP contribution is 2.23. The third kappa shape index (κ3) is 4.34. The highest BCUT2D eigenvalue weighted by Gasteiger charge is 2.40. The Morgan fingerprint density at radius 3 is 2.70 bits per heavy atom. The number of nitrogens with zero attached hydrogens (tertiary/aromatic N) is 2. The van der Waals surface area contributed by atoms with Gasteiger partial charge in [-0.15, -0.1) is 0 Å². The Balaban J connectivity index is 2.73. The zero-order valence-corrected chi connectivity index (χ0v) is 13.8. The van der Waals surface area contributed by atoms with Crippen molar-refractivity contribution in [2.24, 2.45) is 4.99 Å². The molecular weight excluding hydrogens is 278 g/mol. The quantitative estimate of drug-likeness (QED) is 0.455. The highest BCUT2D eigenvalue weighted by atomic mass is 32.2. The van der Waals surface area contributed by atoms with Crippen molar-refractivity contribution in [3.63, 3.8) is 0 Å². The van der Waals surface area contributed by atoms with Crippen LogP contribution in [0.2, 0.25) is 0 Å². The number of nitrogens with one attached hydrogen (secondary N) is 1. The van der Waals surface area contributed by atoms with Crippen LogP contribution in [-0.2, 0) is 14.6 Å². The molecule has 1 N–H and O–H groups in total. The van der Waals surface area contributed by atoms with Crippen LogP contribution in [0.3, 0.4) is 0 Å². The van der Waals surface area contributed by atoms with E-state index >= 15 is 0 Å². The molecule has 1 aliphatic rings. The van der Waals surface area contributed by atoms with Gasteiger partial charge in [0.2, 0.25) is 0 Å². The number of methoxy groups -OCH3 is 1. The largest absolute Gasteiger partial charge is 0.385 e. The molecule has 0 aromatic rings. The monoisotopic (exact) mass is 305 g/mol. The molecule has 1 aliphatic heterocycles. The SMILES string of the molecule is CCNC(=NCCCOC)N1CCS(=O)(=O)C(C)(C)C1. The second-order valence-electron chi connectivity index (χ2n) is 5.58. The average Bonchev–Trinajstić information content (AvgIpc) is 2.37. The van der Waals surface area contributed by atoms with Crippen molar-refractivity contribution in [3.8, 4) is 0 Å². The Bertz CT molecular complexity index is 432. The molecule has 20 heavy (non-hydrogen) atoms. The third-order valence-electron chi connectivity index (χ3n) is 3.45. The standard InChI is InChI=1S/C13H27N3O3S/c1-5-14-12(15-7-6-9-19-4)16-8-10-20(17,18)13(2,3)11-16/h5-11H2,1-4H3,(H,14,15). The van der Waals surface area contributed by atoms with Crippen LogP contribution in [0.15, 0.2) is 4.99 Å². The van der Waals surface area contributed by atoms with Crippen LogP contribution in [0.5, 0.6) is 0 Å². The Hall–Kier alpha value is -0.820. The van der Waals surface area contributed by atoms with E-state index in [-0.39, 0.29) is 5.75 Å². The third-order valence-corrected chi connectivity index (χ3v) is 5.98. The fourth-order valence-corrected chi connectivity index (χ4v) is 3.51. The van der Waals surface area contributed by atoms with Crippen molar-refractivity contribution in [1.82, 2.24) is 10.2 Å². The summed E-state index contributed by atoms with van der Waals surface area (Å²) in [6.45, 7) is 8.69. The first-order valence-corrected chi connectivity index (χ1v) is 8.74. The predicted octanol–water partition coefficient (Wildman–Crippen LogP) is 0.497. The maximum absolute atomic E-state index is 12.0. The summed E-state index contributed by atoms with van der Waals surface area (Å²) in [6, 6.07) is 0. The summed E-state index contributed by atoms with van der Waals surface area (Å²) in [5, 5.41) is 3.23. The minimum atomic E-state index is -3.02. The fraction of sp³-hybridized carbons (Fsp3) is 0.923. The summed E-state index contributed by atoms with van der Waals surface area (Å²) >= 11 is 0. The molecule has 118 valence electrons. The van der Waals surface area contributed by atoms with E-state index in [1.54, 1.807) is 21.0 Å². The molecule has 1 heterocycles. The van der Waals surface area contributed by atoms with Crippen LogP contribution >= 0.6 is 0 Å². The van der Waals surface area contributed by atoms with Gasteiger partial charge in [0.25, 0.3) is 0 Å². The van der Waals surface area contributed by atoms with E-state index in [0.717, 1.165) is 18.9 Å². The Morgan fingerprint density at radius 2 is 2.15 bits per heavy atom. The van der Waals surface area contributed by atoms with E-state index in [1.165, 1.54) is 0 Å². The maximum atomic E-state index is 12.0. The minimum Gasteiger partial charge on any atom is -0.385 e. The Morgan fingerprint density at radius 1 is 1.45 bits per heavy atom. The maximum Gasteiger partial charge on any atom is 0.193 e. The van der Waals surface area contributed by atoms with Gasteiger partial charge in [0.05, 0.1) is 10.5 Å². The first kappa shape index (κ1) is 17.2. The van der Waals surface area contributed by atoms with Crippen molar-refractivity contribution < 1.29 is 13.2 Å². The van der Waals surface area contributed by atoms with E-state index < -0.39 is 14.6 Å². The Kier molecular flexibility index (Phi) is 6.26. The van der Waals surface area contributed by atoms with E-state index in [1.807, 2.05) is 11.8 Å². The lowest BCUT2D eigenvalue weighted by Crippen LogP contribution is -2.57. The molecule has 1 saturated heterocycles. The van der Waals surface area contributed by atoms with Gasteiger partial charge in [-0.2, -0.15) is 0 Å². The van der Waals surface area contributed by atoms with Crippen LogP contribution in [-0.4, -0.2) is 69.7 Å². The molecule has 0 bridgehead atoms. The normalized spacial score (nSPS) is 21.8. The van der Waals surface area contributed by atoms with Gasteiger partial charge in [-0.25, -0.2) is 8.42 Å². The van der Waals surface area contributed by atoms with E-state index in [9.17, 15) is 8.42 Å². The second-order valence-corrected chi connectivity index (χ2v) is 8.33. The van der Waals surface area contributed by atoms with Crippen molar-refractivity contribution >= 4 is 15.8 Å². The van der Waals surface area contributed by atoms with Gasteiger partial charge < -0.3 is 15.0 Å². The zero-order chi connectivity index (χ0) is 15.2. The fourth-order valence-electron chi connectivity index (χ4n) is 2.14. The molecule has 6 nitrogen and oxygen atoms in total. The van der Waals surface area contributed by atoms with E-state index in [0.29, 0.717) is 26.2 Å². The van der Waals surface area contributed by atoms with Gasteiger partial charge in [0.1, 0.15) is 0 Å². The Labute approximate surface area is 122 Å². The molecule has 0 aliphatic carbocycles. The van der Waals surface area contributed by atoms with Crippen molar-refractivity contribution in [2.45, 2.75) is 31.9 Å². The molecule has 0 amide bonds. The lowest BCUT2D eigenvalue weighted by molar-refractivity contribution is 0.197. The van der Waals surface area contributed by atoms with Crippen LogP contribution in [0, 0.1) is 0 Å². The minimum absolute atomic E-state index is 0.183. The van der Waals surface area contributed by atoms with Crippen LogP contribution in [0.4, 0.5) is 0 Å². The number of hydrogen-bond acceptors (Lipinski definition) is 4. The molecular formula is C13H27N3O3S. The number of rotatable bonds is 5. The number of aliphatic imine (C=N–C) groups is 1. The molecule has 1 fully saturated rings. The molecule has 0 saturated carbocycles. The van der Waals surface area contributed by atoms with Crippen molar-refractivity contribution in [1.29, 1.82) is 0 Å². The van der Waals surface area contributed by atoms with E-state index in [4.69, 9.17) is 4.74 Å². The van der Waals surface area contributed by atoms with Gasteiger partial charge in [-0.05, 0) is 27.2 Å². The van der Waals surface area contributed by atoms with Crippen LogP contribution < -0.4 is 5.32 Å². The van der Waals surface area contributed by atoms with Crippen molar-refractivity contribution in [3.05, 3.63) is 0 Å². The zero-order valence-electron chi connectivity index (χ0n) is 13.0. The molecule has 1 rings (SSSR count). The van der Waals surface area contributed by atoms with Gasteiger partial charge in [0, 0.05) is 39.9 Å². The van der Waals surface area contributed by atoms with Crippen LogP contribution in [0.1, 0.15) is 27.2 Å². The molecule has 7 heteroatoms. The van der Waals surface area contributed by atoms with E-state index in [2.05, 4.69) is 10.3 Å².